The predicted octanol–water partition coefficient (Wildman–Crippen LogP) is -4.93. The summed E-state index contributed by atoms with van der Waals surface area (Å²) in [5.74, 6) is -9.12. The molecule has 0 aromatic heterocycles. The zero-order valence-corrected chi connectivity index (χ0v) is 36.5. The van der Waals surface area contributed by atoms with Gasteiger partial charge < -0.3 is 65.1 Å². The Labute approximate surface area is 375 Å². The Bertz CT molecular complexity index is 1930. The van der Waals surface area contributed by atoms with Crippen molar-refractivity contribution < 1.29 is 95.5 Å². The maximum absolute atomic E-state index is 13.8. The monoisotopic (exact) mass is 940 g/mol. The van der Waals surface area contributed by atoms with Gasteiger partial charge in [-0.3, -0.25) is 63.0 Å². The summed E-state index contributed by atoms with van der Waals surface area (Å²) in [5, 5.41) is 12.7. The first-order valence-electron chi connectivity index (χ1n) is 19.2. The van der Waals surface area contributed by atoms with Crippen LogP contribution in [0, 0.1) is 0 Å². The van der Waals surface area contributed by atoms with Crippen molar-refractivity contribution in [3.05, 3.63) is 35.9 Å². The van der Waals surface area contributed by atoms with E-state index in [9.17, 15) is 62.3 Å². The van der Waals surface area contributed by atoms with Crippen LogP contribution in [0.25, 0.3) is 0 Å². The highest BCUT2D eigenvalue weighted by Crippen LogP contribution is 2.08. The molecule has 0 aliphatic carbocycles. The second kappa shape index (κ2) is 29.5. The van der Waals surface area contributed by atoms with Crippen LogP contribution >= 0.6 is 0 Å². The molecule has 7 amide bonds. The Morgan fingerprint density at radius 2 is 0.636 bits per heavy atom. The fourth-order valence-corrected chi connectivity index (χ4v) is 5.12. The molecule has 0 bridgehead atoms. The summed E-state index contributed by atoms with van der Waals surface area (Å²) in [6.45, 7) is -0.254. The lowest BCUT2D eigenvalue weighted by molar-refractivity contribution is -0.147. The van der Waals surface area contributed by atoms with Gasteiger partial charge in [-0.15, -0.1) is 0 Å². The van der Waals surface area contributed by atoms with Crippen LogP contribution < -0.4 is 43.2 Å². The molecule has 1 aromatic carbocycles. The van der Waals surface area contributed by atoms with E-state index < -0.39 is 152 Å². The maximum atomic E-state index is 13.8. The molecule has 1 rings (SSSR count). The Morgan fingerprint density at radius 3 is 0.879 bits per heavy atom. The molecule has 9 N–H and O–H groups in total. The van der Waals surface area contributed by atoms with Crippen LogP contribution in [0.3, 0.4) is 0 Å². The lowest BCUT2D eigenvalue weighted by atomic mass is 10.1. The molecule has 0 unspecified atom stereocenters. The molecule has 364 valence electrons. The third-order valence-electron chi connectivity index (χ3n) is 8.72. The summed E-state index contributed by atoms with van der Waals surface area (Å²) in [5.41, 5.74) is 2.28. The zero-order valence-electron chi connectivity index (χ0n) is 36.5. The van der Waals surface area contributed by atoms with Gasteiger partial charge in [-0.25, -0.2) is 10.6 Å². The van der Waals surface area contributed by atoms with Crippen molar-refractivity contribution in [1.29, 1.82) is 0 Å². The van der Waals surface area contributed by atoms with Crippen LogP contribution in [0.1, 0.15) is 44.1 Å². The summed E-state index contributed by atoms with van der Waals surface area (Å²) in [4.78, 5) is 167. The molecule has 6 atom stereocenters. The number of hydrazine groups is 1. The number of amides is 7. The fourth-order valence-electron chi connectivity index (χ4n) is 5.12. The Kier molecular flexibility index (Phi) is 25.0. The molecule has 0 aliphatic heterocycles. The topological polar surface area (TPSA) is 397 Å². The summed E-state index contributed by atoms with van der Waals surface area (Å²) in [6.07, 6.45) is -6.64. The van der Waals surface area contributed by atoms with Crippen LogP contribution in [0.4, 0.5) is 4.79 Å². The second-order valence-electron chi connectivity index (χ2n) is 13.3. The molecule has 28 heteroatoms. The van der Waals surface area contributed by atoms with Gasteiger partial charge in [-0.05, 0) is 5.56 Å². The molecule has 1 aromatic rings. The number of alkyl carbamates (subject to hydrolysis) is 1. The van der Waals surface area contributed by atoms with E-state index in [1.54, 1.807) is 35.8 Å². The number of ether oxygens (including phenoxy) is 7. The molecule has 0 heterocycles. The molecule has 66 heavy (non-hydrogen) atoms. The number of benzene rings is 1. The molecule has 0 saturated carbocycles. The van der Waals surface area contributed by atoms with Crippen LogP contribution in [-0.2, 0) is 97.3 Å². The normalized spacial score (nSPS) is 13.0. The van der Waals surface area contributed by atoms with Crippen molar-refractivity contribution in [2.75, 3.05) is 42.7 Å². The summed E-state index contributed by atoms with van der Waals surface area (Å²) in [6, 6.07) is -3.17. The number of nitrogens with one attached hydrogen (secondary N) is 7. The van der Waals surface area contributed by atoms with E-state index in [2.05, 4.69) is 60.3 Å². The van der Waals surface area contributed by atoms with E-state index in [-0.39, 0.29) is 6.61 Å². The standard InChI is InChI=1S/C38H52N8O20/c1-60-26(47)12-20(41-34(55)22(14-28(49)62-3)43-36(57)24(16-30(51)64-5)45-38(59)66-18-19-10-8-7-9-11-19)32(53)40-21(13-27(48)61-2)33(54)42-23(15-29(50)63-4)35(56)44-25(37(58)46-39)17-31(52)65-6/h7-11,20-25H,12-18,39H2,1-6H3,(H,40,53)(H,41,55)(H,42,54)(H,43,57)(H,44,56)(H,45,59)(H,46,58)/t20-,21-,22-,23-,24+,25+/m1/s1. The van der Waals surface area contributed by atoms with Gasteiger partial charge in [0.25, 0.3) is 5.91 Å². The quantitative estimate of drug-likeness (QED) is 0.0142. The van der Waals surface area contributed by atoms with Crippen LogP contribution in [0.2, 0.25) is 0 Å². The van der Waals surface area contributed by atoms with Gasteiger partial charge in [0, 0.05) is 0 Å². The summed E-state index contributed by atoms with van der Waals surface area (Å²) in [7, 11) is 5.64. The van der Waals surface area contributed by atoms with E-state index in [1.165, 1.54) is 0 Å². The van der Waals surface area contributed by atoms with Gasteiger partial charge in [0.15, 0.2) is 0 Å². The van der Waals surface area contributed by atoms with E-state index in [1.807, 2.05) is 0 Å². The number of rotatable bonds is 26. The van der Waals surface area contributed by atoms with Crippen molar-refractivity contribution in [2.45, 2.75) is 81.4 Å². The SMILES string of the molecule is COC(=O)C[C@H](NC(=O)OCc1ccccc1)C(=O)N[C@H](CC(=O)OC)C(=O)N[C@H](CC(=O)OC)C(=O)N[C@H](CC(=O)OC)C(=O)N[C@H](CC(=O)OC)C(=O)N[C@@H](CC(=O)OC)C(=O)NN. The summed E-state index contributed by atoms with van der Waals surface area (Å²) < 4.78 is 32.6. The highest BCUT2D eigenvalue weighted by molar-refractivity contribution is 6.00. The molecule has 0 aliphatic rings. The van der Waals surface area contributed by atoms with Crippen molar-refractivity contribution in [3.63, 3.8) is 0 Å². The molecular weight excluding hydrogens is 888 g/mol. The minimum absolute atomic E-state index is 0.254. The smallest absolute Gasteiger partial charge is 0.408 e. The number of carbonyl (C=O) groups excluding carboxylic acids is 13. The number of carbonyl (C=O) groups is 13. The minimum atomic E-state index is -2.05. The fraction of sp³-hybridized carbons (Fsp3) is 0.500. The predicted molar refractivity (Wildman–Crippen MR) is 215 cm³/mol. The third kappa shape index (κ3) is 20.5. The molecular formula is C38H52N8O20. The highest BCUT2D eigenvalue weighted by atomic mass is 16.6. The molecule has 0 radical (unpaired) electrons. The van der Waals surface area contributed by atoms with Gasteiger partial charge >= 0.3 is 41.9 Å². The van der Waals surface area contributed by atoms with Gasteiger partial charge in [0.1, 0.15) is 42.9 Å². The van der Waals surface area contributed by atoms with Crippen molar-refractivity contribution in [2.24, 2.45) is 5.84 Å². The number of methoxy groups -OCH3 is 6. The van der Waals surface area contributed by atoms with E-state index >= 15 is 0 Å². The lowest BCUT2D eigenvalue weighted by Gasteiger charge is -2.26. The van der Waals surface area contributed by atoms with Gasteiger partial charge in [-0.1, -0.05) is 30.3 Å². The maximum Gasteiger partial charge on any atom is 0.408 e. The van der Waals surface area contributed by atoms with Crippen molar-refractivity contribution in [3.8, 4) is 0 Å². The van der Waals surface area contributed by atoms with Gasteiger partial charge in [0.05, 0.1) is 81.2 Å². The number of hydrogen-bond acceptors (Lipinski definition) is 21. The number of esters is 6. The Morgan fingerprint density at radius 1 is 0.394 bits per heavy atom. The number of hydrogen-bond donors (Lipinski definition) is 8. The minimum Gasteiger partial charge on any atom is -0.469 e. The number of nitrogens with two attached hydrogens (primary N) is 1. The van der Waals surface area contributed by atoms with E-state index in [4.69, 9.17) is 10.6 Å². The van der Waals surface area contributed by atoms with Crippen LogP contribution in [0.15, 0.2) is 30.3 Å². The van der Waals surface area contributed by atoms with Crippen LogP contribution in [-0.4, -0.2) is 156 Å². The lowest BCUT2D eigenvalue weighted by Crippen LogP contribution is -2.60. The first-order valence-corrected chi connectivity index (χ1v) is 19.2. The Balaban J connectivity index is 3.51. The first-order chi connectivity index (χ1) is 31.2. The third-order valence-corrected chi connectivity index (χ3v) is 8.72. The molecule has 0 saturated heterocycles. The molecule has 28 nitrogen and oxygen atoms in total. The van der Waals surface area contributed by atoms with E-state index in [0.29, 0.717) is 5.56 Å². The van der Waals surface area contributed by atoms with Crippen molar-refractivity contribution in [1.82, 2.24) is 37.3 Å². The van der Waals surface area contributed by atoms with Crippen molar-refractivity contribution >= 4 is 77.4 Å². The highest BCUT2D eigenvalue weighted by Gasteiger charge is 2.37. The zero-order chi connectivity index (χ0) is 49.9. The van der Waals surface area contributed by atoms with E-state index in [0.717, 1.165) is 42.7 Å². The van der Waals surface area contributed by atoms with Gasteiger partial charge in [0.2, 0.25) is 29.5 Å². The molecule has 0 spiro atoms. The second-order valence-corrected chi connectivity index (χ2v) is 13.3. The summed E-state index contributed by atoms with van der Waals surface area (Å²) >= 11 is 0. The average Bonchev–Trinajstić information content (AvgIpc) is 3.31. The average molecular weight is 941 g/mol. The molecule has 0 fully saturated rings. The van der Waals surface area contributed by atoms with Crippen LogP contribution in [0.5, 0.6) is 0 Å². The first kappa shape index (κ1) is 56.1. The largest absolute Gasteiger partial charge is 0.469 e. The van der Waals surface area contributed by atoms with Gasteiger partial charge in [-0.2, -0.15) is 0 Å². The Hall–Kier alpha value is -7.91.